The highest BCUT2D eigenvalue weighted by molar-refractivity contribution is 8.76. The summed E-state index contributed by atoms with van der Waals surface area (Å²) in [6.45, 7) is -1.08. The van der Waals surface area contributed by atoms with Gasteiger partial charge in [0.25, 0.3) is 0 Å². The lowest BCUT2D eigenvalue weighted by Gasteiger charge is -2.26. The number of amides is 9. The van der Waals surface area contributed by atoms with E-state index in [9.17, 15) is 72.9 Å². The molecule has 480 valence electrons. The molecule has 9 amide bonds. The molecule has 0 radical (unpaired) electrons. The number of nitrogens with one attached hydrogen (secondary N) is 9. The zero-order chi connectivity index (χ0) is 65.4. The van der Waals surface area contributed by atoms with Gasteiger partial charge >= 0.3 is 17.9 Å². The minimum atomic E-state index is -1.62. The molecule has 0 aliphatic carbocycles. The van der Waals surface area contributed by atoms with E-state index in [1.807, 2.05) is 42.5 Å². The number of aliphatic hydroxyl groups is 1. The molecule has 6 atom stereocenters. The highest BCUT2D eigenvalue weighted by Crippen LogP contribution is 2.20. The van der Waals surface area contributed by atoms with Crippen molar-refractivity contribution < 1.29 is 83.1 Å². The molecule has 0 heterocycles. The number of aliphatic hydroxyl groups excluding tert-OH is 1. The van der Waals surface area contributed by atoms with Gasteiger partial charge in [0, 0.05) is 69.5 Å². The number of aromatic hydroxyl groups is 1. The Bertz CT molecular complexity index is 3270. The summed E-state index contributed by atoms with van der Waals surface area (Å²) in [6, 6.07) is 27.9. The van der Waals surface area contributed by atoms with Gasteiger partial charge < -0.3 is 73.4 Å². The van der Waals surface area contributed by atoms with Crippen LogP contribution in [-0.2, 0) is 83.2 Å². The summed E-state index contributed by atoms with van der Waals surface area (Å²) in [6.07, 6.45) is -3.05. The number of benzene rings is 5. The minimum Gasteiger partial charge on any atom is -0.508 e. The zero-order valence-electron chi connectivity index (χ0n) is 48.9. The van der Waals surface area contributed by atoms with Crippen molar-refractivity contribution in [1.29, 1.82) is 0 Å². The van der Waals surface area contributed by atoms with Gasteiger partial charge in [-0.2, -0.15) is 0 Å². The van der Waals surface area contributed by atoms with E-state index in [1.54, 1.807) is 60.7 Å². The van der Waals surface area contributed by atoms with Crippen LogP contribution >= 0.6 is 21.6 Å². The van der Waals surface area contributed by atoms with Crippen molar-refractivity contribution in [3.8, 4) is 5.75 Å². The van der Waals surface area contributed by atoms with Crippen LogP contribution in [0, 0.1) is 0 Å². The highest BCUT2D eigenvalue weighted by atomic mass is 33.1. The molecule has 26 nitrogen and oxygen atoms in total. The quantitative estimate of drug-likeness (QED) is 0.0193. The Balaban J connectivity index is 1.13. The second-order valence-corrected chi connectivity index (χ2v) is 23.2. The standard InChI is InChI=1S/C62H73N9O17S2/c72-37-50(57(82)64-28-30-90-89-29-27-63-51(74)23-24-52(75)66-45(21-25-55(78)79)58(83)68-46(62(87)88)22-26-56(80)81)71-61(86)49(34-40-16-19-44(73)20-17-40)70-60(85)48(33-39-11-5-2-6-12-39)69-59(84)47(32-38-9-3-1-4-10-38)67-54(77)36-65-53(76)35-41-15-18-42-13-7-8-14-43(42)31-41/h1-20,31,45-50,72-73H,21-30,32-37H2,(H,63,74)(H,64,82)(H,65,76)(H,66,75)(H,67,77)(H,68,83)(H,69,84)(H,70,85)(H,71,86)(H,78,79)(H,80,81)(H,87,88)/t45-,46-,47-,48-,49-,50-/m0/s1. The van der Waals surface area contributed by atoms with Crippen molar-refractivity contribution in [3.05, 3.63) is 150 Å². The molecule has 0 spiro atoms. The fraction of sp³-hybridized carbons (Fsp3) is 0.355. The molecule has 5 aromatic rings. The topological polar surface area (TPSA) is 414 Å². The molecule has 28 heteroatoms. The molecule has 0 saturated carbocycles. The summed E-state index contributed by atoms with van der Waals surface area (Å²) < 4.78 is 0. The van der Waals surface area contributed by atoms with Gasteiger partial charge in [0.2, 0.25) is 53.2 Å². The van der Waals surface area contributed by atoms with Gasteiger partial charge in [-0.25, -0.2) is 4.79 Å². The number of aliphatic carboxylic acids is 3. The molecule has 0 aromatic heterocycles. The first-order valence-electron chi connectivity index (χ1n) is 28.6. The van der Waals surface area contributed by atoms with Crippen LogP contribution in [0.25, 0.3) is 10.8 Å². The summed E-state index contributed by atoms with van der Waals surface area (Å²) in [7, 11) is 2.64. The first-order valence-corrected chi connectivity index (χ1v) is 31.1. The number of rotatable bonds is 39. The minimum absolute atomic E-state index is 0.00369. The first-order chi connectivity index (χ1) is 43.1. The third kappa shape index (κ3) is 26.4. The van der Waals surface area contributed by atoms with E-state index in [2.05, 4.69) is 47.9 Å². The Morgan fingerprint density at radius 1 is 0.389 bits per heavy atom. The van der Waals surface area contributed by atoms with Crippen LogP contribution in [0.4, 0.5) is 0 Å². The zero-order valence-corrected chi connectivity index (χ0v) is 50.5. The maximum Gasteiger partial charge on any atom is 0.326 e. The third-order valence-electron chi connectivity index (χ3n) is 13.5. The molecule has 0 fully saturated rings. The number of hydrogen-bond donors (Lipinski definition) is 14. The van der Waals surface area contributed by atoms with Crippen LogP contribution in [0.5, 0.6) is 5.75 Å². The van der Waals surface area contributed by atoms with Crippen LogP contribution < -0.4 is 47.9 Å². The highest BCUT2D eigenvalue weighted by Gasteiger charge is 2.33. The van der Waals surface area contributed by atoms with Crippen LogP contribution in [0.1, 0.15) is 60.8 Å². The van der Waals surface area contributed by atoms with E-state index in [0.717, 1.165) is 16.3 Å². The normalized spacial score (nSPS) is 12.9. The molecule has 5 rings (SSSR count). The maximum atomic E-state index is 14.5. The molecule has 0 saturated heterocycles. The van der Waals surface area contributed by atoms with Crippen LogP contribution in [0.15, 0.2) is 127 Å². The van der Waals surface area contributed by atoms with Crippen molar-refractivity contribution in [1.82, 2.24) is 47.9 Å². The first kappa shape index (κ1) is 71.2. The van der Waals surface area contributed by atoms with E-state index in [4.69, 9.17) is 10.2 Å². The summed E-state index contributed by atoms with van der Waals surface area (Å²) in [5.74, 6) is -10.2. The van der Waals surface area contributed by atoms with E-state index in [1.165, 1.54) is 45.9 Å². The Labute approximate surface area is 525 Å². The van der Waals surface area contributed by atoms with Gasteiger partial charge in [-0.3, -0.25) is 52.7 Å². The lowest BCUT2D eigenvalue weighted by Crippen LogP contribution is -2.60. The van der Waals surface area contributed by atoms with Gasteiger partial charge in [-0.1, -0.05) is 137 Å². The number of fused-ring (bicyclic) bond motifs is 1. The predicted molar refractivity (Wildman–Crippen MR) is 333 cm³/mol. The third-order valence-corrected chi connectivity index (χ3v) is 15.9. The lowest BCUT2D eigenvalue weighted by molar-refractivity contribution is -0.144. The molecule has 5 aromatic carbocycles. The number of carboxylic acid groups (broad SMARTS) is 3. The Hall–Kier alpha value is -9.54. The second-order valence-electron chi connectivity index (χ2n) is 20.5. The summed E-state index contributed by atoms with van der Waals surface area (Å²) in [5.41, 5.74) is 2.50. The van der Waals surface area contributed by atoms with E-state index < -0.39 is 153 Å². The summed E-state index contributed by atoms with van der Waals surface area (Å²) in [5, 5.41) is 72.6. The van der Waals surface area contributed by atoms with Crippen LogP contribution in [0.3, 0.4) is 0 Å². The SMILES string of the molecule is O=C(O)CC[C@H](NC(=O)[C@H](CCC(=O)O)NC(=O)CCC(=O)NCCSSCCNC(=O)[C@H](CO)NC(=O)[C@H](Cc1ccc(O)cc1)NC(=O)[C@H](Cc1ccccc1)NC(=O)[C@H](Cc1ccccc1)NC(=O)CNC(=O)Cc1ccc2ccccc2c1)C(=O)O. The number of carbonyl (C=O) groups is 12. The summed E-state index contributed by atoms with van der Waals surface area (Å²) in [4.78, 5) is 155. The van der Waals surface area contributed by atoms with Gasteiger partial charge in [0.15, 0.2) is 0 Å². The average Bonchev–Trinajstić information content (AvgIpc) is 2.30. The lowest BCUT2D eigenvalue weighted by atomic mass is 10.0. The number of phenolic OH excluding ortho intramolecular Hbond substituents is 1. The second kappa shape index (κ2) is 38.0. The molecule has 14 N–H and O–H groups in total. The van der Waals surface area contributed by atoms with Gasteiger partial charge in [-0.15, -0.1) is 0 Å². The smallest absolute Gasteiger partial charge is 0.326 e. The molecule has 0 aliphatic rings. The predicted octanol–water partition coefficient (Wildman–Crippen LogP) is 1.04. The molecule has 0 unspecified atom stereocenters. The molecule has 0 bridgehead atoms. The Morgan fingerprint density at radius 2 is 0.833 bits per heavy atom. The fourth-order valence-corrected chi connectivity index (χ4v) is 10.6. The maximum absolute atomic E-state index is 14.5. The largest absolute Gasteiger partial charge is 0.508 e. The number of hydrogen-bond acceptors (Lipinski definition) is 16. The van der Waals surface area contributed by atoms with Crippen molar-refractivity contribution in [2.75, 3.05) is 37.7 Å². The Kier molecular flexibility index (Phi) is 30.1. The summed E-state index contributed by atoms with van der Waals surface area (Å²) >= 11 is 0. The van der Waals surface area contributed by atoms with Crippen molar-refractivity contribution in [2.24, 2.45) is 0 Å². The van der Waals surface area contributed by atoms with Crippen molar-refractivity contribution in [2.45, 2.75) is 100 Å². The molecular formula is C62H73N9O17S2. The Morgan fingerprint density at radius 3 is 1.38 bits per heavy atom. The number of carboxylic acids is 3. The van der Waals surface area contributed by atoms with Crippen molar-refractivity contribution in [3.63, 3.8) is 0 Å². The van der Waals surface area contributed by atoms with E-state index in [-0.39, 0.29) is 50.9 Å². The number of phenols is 1. The van der Waals surface area contributed by atoms with Crippen molar-refractivity contribution >= 4 is 103 Å². The number of carbonyl (C=O) groups excluding carboxylic acids is 9. The van der Waals surface area contributed by atoms with Crippen LogP contribution in [-0.4, -0.2) is 171 Å². The molecular weight excluding hydrogens is 1210 g/mol. The molecule has 90 heavy (non-hydrogen) atoms. The fourth-order valence-electron chi connectivity index (χ4n) is 8.83. The molecule has 0 aliphatic heterocycles. The van der Waals surface area contributed by atoms with Gasteiger partial charge in [-0.05, 0) is 58.0 Å². The van der Waals surface area contributed by atoms with E-state index >= 15 is 0 Å². The van der Waals surface area contributed by atoms with E-state index in [0.29, 0.717) is 28.2 Å². The van der Waals surface area contributed by atoms with Gasteiger partial charge in [0.05, 0.1) is 19.6 Å². The van der Waals surface area contributed by atoms with Gasteiger partial charge in [0.1, 0.15) is 42.0 Å². The average molecular weight is 1280 g/mol. The monoisotopic (exact) mass is 1280 g/mol. The van der Waals surface area contributed by atoms with Crippen LogP contribution in [0.2, 0.25) is 0 Å².